The molecule has 0 heterocycles. The molecule has 6 nitrogen and oxygen atoms in total. The zero-order chi connectivity index (χ0) is 18.2. The lowest BCUT2D eigenvalue weighted by molar-refractivity contribution is -0.120. The van der Waals surface area contributed by atoms with Gasteiger partial charge in [0.1, 0.15) is 0 Å². The second kappa shape index (κ2) is 8.84. The molecule has 0 unspecified atom stereocenters. The Morgan fingerprint density at radius 1 is 0.960 bits per heavy atom. The number of nitrogens with zero attached hydrogens (tertiary/aromatic N) is 1. The Morgan fingerprint density at radius 2 is 1.52 bits per heavy atom. The Kier molecular flexibility index (Phi) is 6.54. The van der Waals surface area contributed by atoms with E-state index in [-0.39, 0.29) is 11.9 Å². The van der Waals surface area contributed by atoms with Gasteiger partial charge in [-0.2, -0.15) is 0 Å². The number of carbonyl (C=O) groups excluding carboxylic acids is 2. The van der Waals surface area contributed by atoms with Crippen LogP contribution in [0.15, 0.2) is 54.6 Å². The van der Waals surface area contributed by atoms with Crippen LogP contribution in [0.4, 0.5) is 16.2 Å². The minimum absolute atomic E-state index is 0.0810. The number of carbonyl (C=O) groups is 2. The van der Waals surface area contributed by atoms with Crippen molar-refractivity contribution in [1.29, 1.82) is 0 Å². The molecule has 2 aromatic carbocycles. The molecule has 2 amide bonds. The Morgan fingerprint density at radius 3 is 2.04 bits per heavy atom. The minimum atomic E-state index is -0.535. The van der Waals surface area contributed by atoms with E-state index in [9.17, 15) is 9.59 Å². The van der Waals surface area contributed by atoms with Crippen LogP contribution in [0.1, 0.15) is 5.56 Å². The molecule has 0 bridgehead atoms. The van der Waals surface area contributed by atoms with E-state index in [0.717, 1.165) is 5.56 Å². The summed E-state index contributed by atoms with van der Waals surface area (Å²) >= 11 is 0. The van der Waals surface area contributed by atoms with Gasteiger partial charge in [0, 0.05) is 11.4 Å². The number of amides is 2. The molecule has 0 saturated carbocycles. The van der Waals surface area contributed by atoms with Crippen LogP contribution in [0, 0.1) is 0 Å². The van der Waals surface area contributed by atoms with E-state index in [1.165, 1.54) is 7.11 Å². The Hall–Kier alpha value is -2.86. The molecule has 0 aliphatic carbocycles. The third-order valence-corrected chi connectivity index (χ3v) is 3.78. The highest BCUT2D eigenvalue weighted by molar-refractivity contribution is 5.95. The van der Waals surface area contributed by atoms with Gasteiger partial charge in [0.05, 0.1) is 13.2 Å². The van der Waals surface area contributed by atoms with Crippen molar-refractivity contribution >= 4 is 23.4 Å². The van der Waals surface area contributed by atoms with Crippen molar-refractivity contribution in [2.24, 2.45) is 0 Å². The first-order valence-corrected chi connectivity index (χ1v) is 7.96. The molecule has 0 aliphatic rings. The van der Waals surface area contributed by atoms with Gasteiger partial charge in [-0.1, -0.05) is 30.3 Å². The summed E-state index contributed by atoms with van der Waals surface area (Å²) in [7, 11) is 5.07. The van der Waals surface area contributed by atoms with Gasteiger partial charge in [-0.25, -0.2) is 4.79 Å². The second-order valence-corrected chi connectivity index (χ2v) is 5.85. The van der Waals surface area contributed by atoms with Crippen molar-refractivity contribution < 1.29 is 14.3 Å². The predicted molar refractivity (Wildman–Crippen MR) is 98.7 cm³/mol. The number of ether oxygens (including phenoxy) is 1. The maximum absolute atomic E-state index is 12.6. The van der Waals surface area contributed by atoms with Crippen molar-refractivity contribution in [1.82, 2.24) is 4.90 Å². The standard InChI is InChI=1S/C19H23N3O3/c1-22(2)17(13-14-7-5-4-6-8-14)18(23)20-15-9-11-16(12-10-15)21-19(24)25-3/h4-12,17H,13H2,1-3H3,(H,20,23)(H,21,24)/t17-/m1/s1. The zero-order valence-corrected chi connectivity index (χ0v) is 14.7. The van der Waals surface area contributed by atoms with E-state index in [2.05, 4.69) is 15.4 Å². The number of hydrogen-bond acceptors (Lipinski definition) is 4. The lowest BCUT2D eigenvalue weighted by Gasteiger charge is -2.23. The van der Waals surface area contributed by atoms with Gasteiger partial charge >= 0.3 is 6.09 Å². The highest BCUT2D eigenvalue weighted by Gasteiger charge is 2.21. The van der Waals surface area contributed by atoms with Crippen LogP contribution in [-0.2, 0) is 16.0 Å². The molecule has 0 fully saturated rings. The molecule has 6 heteroatoms. The van der Waals surface area contributed by atoms with Crippen molar-refractivity contribution in [3.63, 3.8) is 0 Å². The van der Waals surface area contributed by atoms with E-state index in [4.69, 9.17) is 0 Å². The van der Waals surface area contributed by atoms with E-state index in [0.29, 0.717) is 17.8 Å². The first kappa shape index (κ1) is 18.5. The van der Waals surface area contributed by atoms with Crippen LogP contribution in [0.5, 0.6) is 0 Å². The van der Waals surface area contributed by atoms with Gasteiger partial charge in [-0.3, -0.25) is 15.0 Å². The van der Waals surface area contributed by atoms with Crippen LogP contribution in [-0.4, -0.2) is 44.1 Å². The molecular formula is C19H23N3O3. The van der Waals surface area contributed by atoms with Crippen molar-refractivity contribution in [3.05, 3.63) is 60.2 Å². The number of hydrogen-bond donors (Lipinski definition) is 2. The fourth-order valence-electron chi connectivity index (χ4n) is 2.38. The summed E-state index contributed by atoms with van der Waals surface area (Å²) in [6.45, 7) is 0. The summed E-state index contributed by atoms with van der Waals surface area (Å²) in [5.74, 6) is -0.0810. The van der Waals surface area contributed by atoms with Gasteiger partial charge in [0.15, 0.2) is 0 Å². The van der Waals surface area contributed by atoms with E-state index in [1.807, 2.05) is 49.3 Å². The van der Waals surface area contributed by atoms with E-state index < -0.39 is 6.09 Å². The molecule has 0 radical (unpaired) electrons. The quantitative estimate of drug-likeness (QED) is 0.847. The topological polar surface area (TPSA) is 70.7 Å². The number of likely N-dealkylation sites (N-methyl/N-ethyl adjacent to an activating group) is 1. The molecule has 132 valence electrons. The van der Waals surface area contributed by atoms with Gasteiger partial charge < -0.3 is 10.1 Å². The minimum Gasteiger partial charge on any atom is -0.453 e. The number of benzene rings is 2. The van der Waals surface area contributed by atoms with Gasteiger partial charge in [-0.15, -0.1) is 0 Å². The monoisotopic (exact) mass is 341 g/mol. The molecule has 0 saturated heterocycles. The Balaban J connectivity index is 2.01. The average Bonchev–Trinajstić information content (AvgIpc) is 2.61. The van der Waals surface area contributed by atoms with Gasteiger partial charge in [-0.05, 0) is 50.3 Å². The average molecular weight is 341 g/mol. The summed E-state index contributed by atoms with van der Waals surface area (Å²) in [6, 6.07) is 16.5. The molecule has 0 spiro atoms. The molecule has 25 heavy (non-hydrogen) atoms. The fourth-order valence-corrected chi connectivity index (χ4v) is 2.38. The third-order valence-electron chi connectivity index (χ3n) is 3.78. The maximum Gasteiger partial charge on any atom is 0.411 e. The van der Waals surface area contributed by atoms with Crippen molar-refractivity contribution in [2.75, 3.05) is 31.8 Å². The number of nitrogens with one attached hydrogen (secondary N) is 2. The van der Waals surface area contributed by atoms with Crippen molar-refractivity contribution in [3.8, 4) is 0 Å². The largest absolute Gasteiger partial charge is 0.453 e. The SMILES string of the molecule is COC(=O)Nc1ccc(NC(=O)[C@@H](Cc2ccccc2)N(C)C)cc1. The van der Waals surface area contributed by atoms with Crippen LogP contribution in [0.2, 0.25) is 0 Å². The molecule has 0 aromatic heterocycles. The molecule has 2 rings (SSSR count). The van der Waals surface area contributed by atoms with E-state index >= 15 is 0 Å². The molecule has 2 N–H and O–H groups in total. The number of anilines is 2. The van der Waals surface area contributed by atoms with E-state index in [1.54, 1.807) is 24.3 Å². The molecular weight excluding hydrogens is 318 g/mol. The summed E-state index contributed by atoms with van der Waals surface area (Å²) < 4.78 is 4.54. The predicted octanol–water partition coefficient (Wildman–Crippen LogP) is 2.98. The number of methoxy groups -OCH3 is 1. The summed E-state index contributed by atoms with van der Waals surface area (Å²) in [4.78, 5) is 25.7. The second-order valence-electron chi connectivity index (χ2n) is 5.85. The van der Waals surface area contributed by atoms with Crippen LogP contribution < -0.4 is 10.6 Å². The zero-order valence-electron chi connectivity index (χ0n) is 14.7. The lowest BCUT2D eigenvalue weighted by atomic mass is 10.0. The summed E-state index contributed by atoms with van der Waals surface area (Å²) in [6.07, 6.45) is 0.0917. The smallest absolute Gasteiger partial charge is 0.411 e. The van der Waals surface area contributed by atoms with Gasteiger partial charge in [0.25, 0.3) is 0 Å². The number of rotatable bonds is 6. The summed E-state index contributed by atoms with van der Waals surface area (Å²) in [5.41, 5.74) is 2.37. The first-order valence-electron chi connectivity index (χ1n) is 7.96. The van der Waals surface area contributed by atoms with Crippen LogP contribution >= 0.6 is 0 Å². The van der Waals surface area contributed by atoms with Crippen LogP contribution in [0.3, 0.4) is 0 Å². The highest BCUT2D eigenvalue weighted by Crippen LogP contribution is 2.15. The maximum atomic E-state index is 12.6. The Bertz CT molecular complexity index is 700. The molecule has 2 aromatic rings. The third kappa shape index (κ3) is 5.61. The van der Waals surface area contributed by atoms with Crippen molar-refractivity contribution in [2.45, 2.75) is 12.5 Å². The van der Waals surface area contributed by atoms with Crippen LogP contribution in [0.25, 0.3) is 0 Å². The lowest BCUT2D eigenvalue weighted by Crippen LogP contribution is -2.41. The molecule has 0 aliphatic heterocycles. The Labute approximate surface area is 147 Å². The summed E-state index contributed by atoms with van der Waals surface area (Å²) in [5, 5.41) is 5.48. The fraction of sp³-hybridized carbons (Fsp3) is 0.263. The highest BCUT2D eigenvalue weighted by atomic mass is 16.5. The first-order chi connectivity index (χ1) is 12.0. The normalized spacial score (nSPS) is 11.7. The molecule has 1 atom stereocenters. The van der Waals surface area contributed by atoms with Gasteiger partial charge in [0.2, 0.25) is 5.91 Å².